The zero-order valence-corrected chi connectivity index (χ0v) is 5.74. The third kappa shape index (κ3) is 1.75. The lowest BCUT2D eigenvalue weighted by Crippen LogP contribution is -2.26. The maximum atomic E-state index is 10.5. The molecule has 9 heavy (non-hydrogen) atoms. The van der Waals surface area contributed by atoms with E-state index in [2.05, 4.69) is 10.6 Å². The van der Waals surface area contributed by atoms with Crippen LogP contribution >= 0.6 is 11.6 Å². The summed E-state index contributed by atoms with van der Waals surface area (Å²) in [6.07, 6.45) is 0.848. The number of rotatable bonds is 2. The molecule has 0 spiro atoms. The molecule has 0 aromatic heterocycles. The van der Waals surface area contributed by atoms with Crippen molar-refractivity contribution in [1.29, 1.82) is 0 Å². The van der Waals surface area contributed by atoms with Gasteiger partial charge in [-0.3, -0.25) is 0 Å². The molecule has 0 aliphatic carbocycles. The minimum Gasteiger partial charge on any atom is -0.336 e. The van der Waals surface area contributed by atoms with E-state index in [1.807, 2.05) is 0 Å². The summed E-state index contributed by atoms with van der Waals surface area (Å²) in [5.41, 5.74) is 0. The first-order valence-corrected chi connectivity index (χ1v) is 3.46. The second-order valence-corrected chi connectivity index (χ2v) is 2.41. The van der Waals surface area contributed by atoms with Crippen LogP contribution in [0.4, 0.5) is 4.79 Å². The lowest BCUT2D eigenvalue weighted by atomic mass is 10.2. The third-order valence-corrected chi connectivity index (χ3v) is 1.52. The van der Waals surface area contributed by atoms with Gasteiger partial charge in [0.25, 0.3) is 0 Å². The van der Waals surface area contributed by atoms with Gasteiger partial charge in [-0.05, 0) is 6.42 Å². The van der Waals surface area contributed by atoms with Crippen molar-refractivity contribution in [3.63, 3.8) is 0 Å². The molecule has 1 saturated heterocycles. The number of carbonyl (C=O) groups excluding carboxylic acids is 1. The summed E-state index contributed by atoms with van der Waals surface area (Å²) in [6.45, 7) is 0.714. The Morgan fingerprint density at radius 2 is 2.56 bits per heavy atom. The Kier molecular flexibility index (Phi) is 2.16. The number of halogens is 1. The summed E-state index contributed by atoms with van der Waals surface area (Å²) in [6, 6.07) is 0.167. The van der Waals surface area contributed by atoms with Gasteiger partial charge in [-0.25, -0.2) is 4.79 Å². The molecule has 1 atom stereocenters. The summed E-state index contributed by atoms with van der Waals surface area (Å²) >= 11 is 5.45. The van der Waals surface area contributed by atoms with Gasteiger partial charge in [-0.15, -0.1) is 11.6 Å². The smallest absolute Gasteiger partial charge is 0.315 e. The molecule has 1 fully saturated rings. The van der Waals surface area contributed by atoms with Crippen LogP contribution in [0.25, 0.3) is 0 Å². The molecule has 1 heterocycles. The first kappa shape index (κ1) is 6.68. The van der Waals surface area contributed by atoms with E-state index in [1.54, 1.807) is 0 Å². The standard InChI is InChI=1S/C5H9ClN2O/c6-2-1-4-3-7-5(9)8-4/h4H,1-3H2,(H2,7,8,9). The third-order valence-electron chi connectivity index (χ3n) is 1.30. The molecule has 2 amide bonds. The van der Waals surface area contributed by atoms with E-state index in [9.17, 15) is 4.79 Å². The highest BCUT2D eigenvalue weighted by Gasteiger charge is 2.18. The zero-order valence-electron chi connectivity index (χ0n) is 4.98. The number of carbonyl (C=O) groups is 1. The van der Waals surface area contributed by atoms with Gasteiger partial charge in [-0.1, -0.05) is 0 Å². The minimum absolute atomic E-state index is 0.0786. The maximum Gasteiger partial charge on any atom is 0.315 e. The summed E-state index contributed by atoms with van der Waals surface area (Å²) in [5.74, 6) is 0.604. The van der Waals surface area contributed by atoms with E-state index >= 15 is 0 Å². The van der Waals surface area contributed by atoms with Gasteiger partial charge in [0, 0.05) is 18.5 Å². The topological polar surface area (TPSA) is 41.1 Å². The van der Waals surface area contributed by atoms with E-state index < -0.39 is 0 Å². The summed E-state index contributed by atoms with van der Waals surface area (Å²) in [4.78, 5) is 10.5. The van der Waals surface area contributed by atoms with Crippen LogP contribution in [0.15, 0.2) is 0 Å². The molecular weight excluding hydrogens is 140 g/mol. The van der Waals surface area contributed by atoms with Crippen LogP contribution in [-0.2, 0) is 0 Å². The van der Waals surface area contributed by atoms with Crippen molar-refractivity contribution in [2.75, 3.05) is 12.4 Å². The van der Waals surface area contributed by atoms with E-state index in [1.165, 1.54) is 0 Å². The second kappa shape index (κ2) is 2.92. The van der Waals surface area contributed by atoms with Crippen LogP contribution < -0.4 is 10.6 Å². The largest absolute Gasteiger partial charge is 0.336 e. The van der Waals surface area contributed by atoms with Crippen LogP contribution in [0.1, 0.15) is 6.42 Å². The molecule has 1 unspecified atom stereocenters. The Labute approximate surface area is 58.8 Å². The molecule has 4 heteroatoms. The Balaban J connectivity index is 2.22. The molecule has 1 aliphatic rings. The highest BCUT2D eigenvalue weighted by molar-refractivity contribution is 6.17. The fraction of sp³-hybridized carbons (Fsp3) is 0.800. The average Bonchev–Trinajstić information content (AvgIpc) is 2.17. The van der Waals surface area contributed by atoms with Gasteiger partial charge < -0.3 is 10.6 Å². The highest BCUT2D eigenvalue weighted by Crippen LogP contribution is 1.97. The molecule has 0 bridgehead atoms. The van der Waals surface area contributed by atoms with Crippen molar-refractivity contribution in [2.45, 2.75) is 12.5 Å². The number of hydrogen-bond donors (Lipinski definition) is 2. The molecule has 3 nitrogen and oxygen atoms in total. The zero-order chi connectivity index (χ0) is 6.69. The van der Waals surface area contributed by atoms with Crippen LogP contribution in [-0.4, -0.2) is 24.5 Å². The van der Waals surface area contributed by atoms with E-state index in [0.717, 1.165) is 6.42 Å². The van der Waals surface area contributed by atoms with Crippen molar-refractivity contribution in [3.05, 3.63) is 0 Å². The van der Waals surface area contributed by atoms with Crippen molar-refractivity contribution in [1.82, 2.24) is 10.6 Å². The number of amides is 2. The summed E-state index contributed by atoms with van der Waals surface area (Å²) < 4.78 is 0. The lowest BCUT2D eigenvalue weighted by Gasteiger charge is -2.02. The quantitative estimate of drug-likeness (QED) is 0.544. The number of nitrogens with one attached hydrogen (secondary N) is 2. The van der Waals surface area contributed by atoms with Crippen molar-refractivity contribution in [2.24, 2.45) is 0 Å². The molecule has 1 rings (SSSR count). The van der Waals surface area contributed by atoms with Crippen LogP contribution in [0.5, 0.6) is 0 Å². The minimum atomic E-state index is -0.0786. The normalized spacial score (nSPS) is 25.4. The molecule has 0 aromatic carbocycles. The second-order valence-electron chi connectivity index (χ2n) is 2.03. The van der Waals surface area contributed by atoms with Crippen LogP contribution in [0, 0.1) is 0 Å². The van der Waals surface area contributed by atoms with Crippen molar-refractivity contribution >= 4 is 17.6 Å². The van der Waals surface area contributed by atoms with Crippen molar-refractivity contribution in [3.8, 4) is 0 Å². The molecule has 0 radical (unpaired) electrons. The summed E-state index contributed by atoms with van der Waals surface area (Å²) in [7, 11) is 0. The first-order chi connectivity index (χ1) is 4.33. The van der Waals surface area contributed by atoms with Crippen LogP contribution in [0.2, 0.25) is 0 Å². The average molecular weight is 149 g/mol. The molecule has 2 N–H and O–H groups in total. The maximum absolute atomic E-state index is 10.5. The molecule has 1 aliphatic heterocycles. The Morgan fingerprint density at radius 3 is 3.00 bits per heavy atom. The van der Waals surface area contributed by atoms with Gasteiger partial charge in [0.05, 0.1) is 0 Å². The van der Waals surface area contributed by atoms with Gasteiger partial charge >= 0.3 is 6.03 Å². The van der Waals surface area contributed by atoms with Gasteiger partial charge in [0.2, 0.25) is 0 Å². The van der Waals surface area contributed by atoms with Gasteiger partial charge in [0.15, 0.2) is 0 Å². The van der Waals surface area contributed by atoms with Gasteiger partial charge in [-0.2, -0.15) is 0 Å². The van der Waals surface area contributed by atoms with Crippen LogP contribution in [0.3, 0.4) is 0 Å². The van der Waals surface area contributed by atoms with E-state index in [4.69, 9.17) is 11.6 Å². The Hall–Kier alpha value is -0.440. The molecule has 52 valence electrons. The fourth-order valence-corrected chi connectivity index (χ4v) is 1.07. The SMILES string of the molecule is O=C1NCC(CCCl)N1. The lowest BCUT2D eigenvalue weighted by molar-refractivity contribution is 0.247. The Morgan fingerprint density at radius 1 is 1.78 bits per heavy atom. The monoisotopic (exact) mass is 148 g/mol. The molecule has 0 aromatic rings. The van der Waals surface area contributed by atoms with E-state index in [0.29, 0.717) is 12.4 Å². The predicted molar refractivity (Wildman–Crippen MR) is 35.7 cm³/mol. The van der Waals surface area contributed by atoms with Crippen molar-refractivity contribution < 1.29 is 4.79 Å². The highest BCUT2D eigenvalue weighted by atomic mass is 35.5. The first-order valence-electron chi connectivity index (χ1n) is 2.93. The number of alkyl halides is 1. The van der Waals surface area contributed by atoms with E-state index in [-0.39, 0.29) is 12.1 Å². The number of urea groups is 1. The summed E-state index contributed by atoms with van der Waals surface area (Å²) in [5, 5.41) is 5.37. The molecular formula is C5H9ClN2O. The molecule has 0 saturated carbocycles. The number of hydrogen-bond acceptors (Lipinski definition) is 1. The predicted octanol–water partition coefficient (Wildman–Crippen LogP) is 0.297. The van der Waals surface area contributed by atoms with Gasteiger partial charge in [0.1, 0.15) is 0 Å². The Bertz CT molecular complexity index is 118. The fourth-order valence-electron chi connectivity index (χ4n) is 0.809.